The number of hydrogen-bond acceptors (Lipinski definition) is 7. The van der Waals surface area contributed by atoms with Gasteiger partial charge in [0.05, 0.1) is 5.56 Å². The summed E-state index contributed by atoms with van der Waals surface area (Å²) in [5, 5.41) is 1.21. The Balaban J connectivity index is 1.60. The summed E-state index contributed by atoms with van der Waals surface area (Å²) in [5.41, 5.74) is 0.0161. The third-order valence-electron chi connectivity index (χ3n) is 5.11. The zero-order valence-corrected chi connectivity index (χ0v) is 17.6. The van der Waals surface area contributed by atoms with Crippen LogP contribution in [0.3, 0.4) is 0 Å². The van der Waals surface area contributed by atoms with Gasteiger partial charge in [-0.3, -0.25) is 0 Å². The number of hydrogen-bond donors (Lipinski definition) is 0. The maximum Gasteiger partial charge on any atom is 0.344 e. The minimum Gasteiger partial charge on any atom is -0.424 e. The van der Waals surface area contributed by atoms with Gasteiger partial charge in [0.15, 0.2) is 6.10 Å². The zero-order chi connectivity index (χ0) is 21.5. The standard InChI is InChI=1S/C23H15BrO7/c24-13-3-6-18-12(8-13)9-17(22(26)31-18)16-11-21(25)30-20-10-14(4-5-15(16)20)29-23(27)19-2-1-7-28-19/h3-6,8-11,19H,1-2,7H2. The van der Waals surface area contributed by atoms with Crippen molar-refractivity contribution in [3.8, 4) is 16.9 Å². The number of benzene rings is 2. The Hall–Kier alpha value is -3.23. The molecule has 0 N–H and O–H groups in total. The third kappa shape index (κ3) is 3.80. The van der Waals surface area contributed by atoms with E-state index in [1.165, 1.54) is 12.1 Å². The van der Waals surface area contributed by atoms with E-state index in [0.29, 0.717) is 34.9 Å². The quantitative estimate of drug-likeness (QED) is 0.242. The molecule has 0 saturated carbocycles. The van der Waals surface area contributed by atoms with Crippen LogP contribution in [0.15, 0.2) is 71.4 Å². The van der Waals surface area contributed by atoms with Crippen LogP contribution in [0.25, 0.3) is 33.1 Å². The molecule has 2 aromatic carbocycles. The Morgan fingerprint density at radius 3 is 2.65 bits per heavy atom. The number of halogens is 1. The van der Waals surface area contributed by atoms with Crippen molar-refractivity contribution in [2.24, 2.45) is 0 Å². The van der Waals surface area contributed by atoms with Crippen molar-refractivity contribution in [3.63, 3.8) is 0 Å². The van der Waals surface area contributed by atoms with E-state index >= 15 is 0 Å². The highest BCUT2D eigenvalue weighted by Crippen LogP contribution is 2.30. The Morgan fingerprint density at radius 1 is 0.968 bits per heavy atom. The molecule has 1 unspecified atom stereocenters. The molecule has 0 spiro atoms. The number of carbonyl (C=O) groups is 1. The van der Waals surface area contributed by atoms with Crippen molar-refractivity contribution < 1.29 is 23.1 Å². The van der Waals surface area contributed by atoms with Crippen molar-refractivity contribution >= 4 is 43.8 Å². The Labute approximate surface area is 183 Å². The second kappa shape index (κ2) is 7.79. The first-order valence-corrected chi connectivity index (χ1v) is 10.4. The summed E-state index contributed by atoms with van der Waals surface area (Å²) in [4.78, 5) is 37.1. The second-order valence-corrected chi connectivity index (χ2v) is 8.11. The van der Waals surface area contributed by atoms with Crippen LogP contribution in [0, 0.1) is 0 Å². The van der Waals surface area contributed by atoms with Crippen LogP contribution in [-0.2, 0) is 9.53 Å². The minimum absolute atomic E-state index is 0.189. The lowest BCUT2D eigenvalue weighted by atomic mass is 10.0. The summed E-state index contributed by atoms with van der Waals surface area (Å²) in [7, 11) is 0. The third-order valence-corrected chi connectivity index (χ3v) is 5.60. The van der Waals surface area contributed by atoms with Crippen molar-refractivity contribution in [2.45, 2.75) is 18.9 Å². The predicted octanol–water partition coefficient (Wildman–Crippen LogP) is 4.41. The Morgan fingerprint density at radius 2 is 1.84 bits per heavy atom. The van der Waals surface area contributed by atoms with Crippen LogP contribution in [-0.4, -0.2) is 18.7 Å². The van der Waals surface area contributed by atoms with Crippen LogP contribution in [0.2, 0.25) is 0 Å². The lowest BCUT2D eigenvalue weighted by Crippen LogP contribution is -2.24. The van der Waals surface area contributed by atoms with E-state index < -0.39 is 23.3 Å². The maximum absolute atomic E-state index is 12.6. The molecule has 5 rings (SSSR count). The molecule has 2 aromatic heterocycles. The van der Waals surface area contributed by atoms with Gasteiger partial charge in [0, 0.05) is 39.5 Å². The summed E-state index contributed by atoms with van der Waals surface area (Å²) < 4.78 is 22.3. The Kier molecular flexibility index (Phi) is 4.95. The van der Waals surface area contributed by atoms with Crippen molar-refractivity contribution in [1.82, 2.24) is 0 Å². The molecule has 8 heteroatoms. The number of rotatable bonds is 3. The Bertz CT molecular complexity index is 1440. The summed E-state index contributed by atoms with van der Waals surface area (Å²) in [5.74, 6) is -0.265. The molecule has 7 nitrogen and oxygen atoms in total. The van der Waals surface area contributed by atoms with Gasteiger partial charge >= 0.3 is 17.2 Å². The van der Waals surface area contributed by atoms with E-state index in [0.717, 1.165) is 10.9 Å². The van der Waals surface area contributed by atoms with Gasteiger partial charge in [0.2, 0.25) is 0 Å². The molecule has 4 aromatic rings. The van der Waals surface area contributed by atoms with Crippen LogP contribution < -0.4 is 16.0 Å². The first-order valence-electron chi connectivity index (χ1n) is 9.63. The van der Waals surface area contributed by atoms with Gasteiger partial charge in [-0.2, -0.15) is 0 Å². The molecule has 1 atom stereocenters. The van der Waals surface area contributed by atoms with E-state index in [9.17, 15) is 14.4 Å². The molecular weight excluding hydrogens is 468 g/mol. The average molecular weight is 483 g/mol. The first kappa shape index (κ1) is 19.7. The molecular formula is C23H15BrO7. The summed E-state index contributed by atoms with van der Waals surface area (Å²) in [6, 6.07) is 12.9. The van der Waals surface area contributed by atoms with Crippen molar-refractivity contribution in [1.29, 1.82) is 0 Å². The number of fused-ring (bicyclic) bond motifs is 2. The van der Waals surface area contributed by atoms with Gasteiger partial charge < -0.3 is 18.3 Å². The van der Waals surface area contributed by atoms with E-state index in [2.05, 4.69) is 15.9 Å². The highest BCUT2D eigenvalue weighted by atomic mass is 79.9. The molecule has 0 amide bonds. The molecule has 0 aliphatic carbocycles. The molecule has 156 valence electrons. The summed E-state index contributed by atoms with van der Waals surface area (Å²) in [6.07, 6.45) is 0.829. The van der Waals surface area contributed by atoms with Gasteiger partial charge in [-0.1, -0.05) is 15.9 Å². The predicted molar refractivity (Wildman–Crippen MR) is 116 cm³/mol. The number of carbonyl (C=O) groups excluding carboxylic acids is 1. The van der Waals surface area contributed by atoms with Crippen LogP contribution >= 0.6 is 15.9 Å². The van der Waals surface area contributed by atoms with Gasteiger partial charge in [-0.25, -0.2) is 14.4 Å². The smallest absolute Gasteiger partial charge is 0.344 e. The summed E-state index contributed by atoms with van der Waals surface area (Å²) in [6.45, 7) is 0.528. The highest BCUT2D eigenvalue weighted by molar-refractivity contribution is 9.10. The summed E-state index contributed by atoms with van der Waals surface area (Å²) >= 11 is 3.40. The van der Waals surface area contributed by atoms with Crippen molar-refractivity contribution in [3.05, 3.63) is 73.8 Å². The molecule has 1 fully saturated rings. The van der Waals surface area contributed by atoms with Crippen LogP contribution in [0.1, 0.15) is 12.8 Å². The molecule has 1 aliphatic heterocycles. The fourth-order valence-corrected chi connectivity index (χ4v) is 4.04. The maximum atomic E-state index is 12.6. The minimum atomic E-state index is -0.640. The second-order valence-electron chi connectivity index (χ2n) is 7.19. The SMILES string of the molecule is O=C(Oc1ccc2c(-c3cc4cc(Br)ccc4oc3=O)cc(=O)oc2c1)C1CCCO1. The molecule has 3 heterocycles. The van der Waals surface area contributed by atoms with E-state index in [4.69, 9.17) is 18.3 Å². The number of ether oxygens (including phenoxy) is 2. The first-order chi connectivity index (χ1) is 15.0. The average Bonchev–Trinajstić information content (AvgIpc) is 3.28. The lowest BCUT2D eigenvalue weighted by Gasteiger charge is -2.10. The van der Waals surface area contributed by atoms with E-state index in [1.54, 1.807) is 30.3 Å². The lowest BCUT2D eigenvalue weighted by molar-refractivity contribution is -0.144. The van der Waals surface area contributed by atoms with Crippen molar-refractivity contribution in [2.75, 3.05) is 6.61 Å². The van der Waals surface area contributed by atoms with E-state index in [1.807, 2.05) is 6.07 Å². The molecule has 1 saturated heterocycles. The monoisotopic (exact) mass is 482 g/mol. The molecule has 0 radical (unpaired) electrons. The molecule has 31 heavy (non-hydrogen) atoms. The van der Waals surface area contributed by atoms with Crippen LogP contribution in [0.4, 0.5) is 0 Å². The fourth-order valence-electron chi connectivity index (χ4n) is 3.66. The highest BCUT2D eigenvalue weighted by Gasteiger charge is 2.26. The number of esters is 1. The largest absolute Gasteiger partial charge is 0.424 e. The fraction of sp³-hybridized carbons (Fsp3) is 0.174. The van der Waals surface area contributed by atoms with Crippen LogP contribution in [0.5, 0.6) is 5.75 Å². The van der Waals surface area contributed by atoms with Gasteiger partial charge in [-0.15, -0.1) is 0 Å². The van der Waals surface area contributed by atoms with Gasteiger partial charge in [-0.05, 0) is 49.2 Å². The van der Waals surface area contributed by atoms with Gasteiger partial charge in [0.1, 0.15) is 16.9 Å². The topological polar surface area (TPSA) is 96.0 Å². The molecule has 1 aliphatic rings. The normalized spacial score (nSPS) is 16.1. The van der Waals surface area contributed by atoms with E-state index in [-0.39, 0.29) is 16.9 Å². The zero-order valence-electron chi connectivity index (χ0n) is 16.1. The van der Waals surface area contributed by atoms with Gasteiger partial charge in [0.25, 0.3) is 0 Å². The molecule has 0 bridgehead atoms.